The molecule has 0 aromatic rings. The lowest BCUT2D eigenvalue weighted by Gasteiger charge is -2.41. The molecule has 202 valence electrons. The molecule has 0 amide bonds. The van der Waals surface area contributed by atoms with Gasteiger partial charge in [-0.1, -0.05) is 19.8 Å². The van der Waals surface area contributed by atoms with E-state index in [2.05, 4.69) is 33.1 Å². The maximum absolute atomic E-state index is 11.0. The Morgan fingerprint density at radius 2 is 1.40 bits per heavy atom. The third-order valence-corrected chi connectivity index (χ3v) is 10.8. The van der Waals surface area contributed by atoms with Gasteiger partial charge < -0.3 is 26.4 Å². The smallest absolute Gasteiger partial charge is 0.110 e. The Bertz CT molecular complexity index is 612. The molecule has 5 fully saturated rings. The van der Waals surface area contributed by atoms with Gasteiger partial charge in [-0.2, -0.15) is 0 Å². The number of aliphatic hydroxyl groups excluding tert-OH is 1. The summed E-state index contributed by atoms with van der Waals surface area (Å²) in [5, 5.41) is 25.8. The van der Waals surface area contributed by atoms with Crippen molar-refractivity contribution in [3.63, 3.8) is 0 Å². The van der Waals surface area contributed by atoms with Crippen molar-refractivity contribution in [1.29, 1.82) is 0 Å². The van der Waals surface area contributed by atoms with E-state index in [9.17, 15) is 5.11 Å². The van der Waals surface area contributed by atoms with E-state index in [-0.39, 0.29) is 6.23 Å². The minimum Gasteiger partial charge on any atom is -0.378 e. The molecule has 3 aliphatic carbocycles. The average Bonchev–Trinajstić information content (AvgIpc) is 3.31. The molecular weight excluding hydrogens is 434 g/mol. The van der Waals surface area contributed by atoms with Crippen molar-refractivity contribution in [2.45, 2.75) is 102 Å². The highest BCUT2D eigenvalue weighted by molar-refractivity contribution is 5.04. The predicted molar refractivity (Wildman–Crippen MR) is 144 cm³/mol. The molecule has 3 saturated carbocycles. The number of fused-ring (bicyclic) bond motifs is 1. The summed E-state index contributed by atoms with van der Waals surface area (Å²) in [6, 6.07) is 1.53. The van der Waals surface area contributed by atoms with Crippen molar-refractivity contribution in [2.24, 2.45) is 35.5 Å². The molecule has 2 heterocycles. The first-order valence-electron chi connectivity index (χ1n) is 15.5. The Morgan fingerprint density at radius 1 is 0.800 bits per heavy atom. The summed E-state index contributed by atoms with van der Waals surface area (Å²) in [5.74, 6) is 4.96. The van der Waals surface area contributed by atoms with Crippen molar-refractivity contribution in [3.8, 4) is 0 Å². The summed E-state index contributed by atoms with van der Waals surface area (Å²) in [6.45, 7) is 9.44. The molecule has 0 spiro atoms. The molecule has 5 unspecified atom stereocenters. The molecule has 2 aliphatic heterocycles. The first kappa shape index (κ1) is 26.4. The van der Waals surface area contributed by atoms with E-state index in [1.165, 1.54) is 83.6 Å². The summed E-state index contributed by atoms with van der Waals surface area (Å²) in [7, 11) is 0. The Hall–Kier alpha value is -0.240. The lowest BCUT2D eigenvalue weighted by molar-refractivity contribution is -0.0609. The molecule has 6 nitrogen and oxygen atoms in total. The minimum atomic E-state index is -0.216. The van der Waals surface area contributed by atoms with Gasteiger partial charge in [-0.25, -0.2) is 0 Å². The Labute approximate surface area is 215 Å². The third-order valence-electron chi connectivity index (χ3n) is 10.8. The lowest BCUT2D eigenvalue weighted by atomic mass is 9.67. The molecule has 5 N–H and O–H groups in total. The Balaban J connectivity index is 1.12. The largest absolute Gasteiger partial charge is 0.378 e. The number of aliphatic hydroxyl groups is 1. The zero-order chi connectivity index (χ0) is 24.0. The first-order chi connectivity index (χ1) is 17.2. The summed E-state index contributed by atoms with van der Waals surface area (Å²) >= 11 is 0. The van der Waals surface area contributed by atoms with Gasteiger partial charge in [0.2, 0.25) is 0 Å². The van der Waals surface area contributed by atoms with E-state index in [1.807, 2.05) is 0 Å². The maximum atomic E-state index is 11.0. The van der Waals surface area contributed by atoms with Crippen LogP contribution >= 0.6 is 0 Å². The van der Waals surface area contributed by atoms with E-state index in [4.69, 9.17) is 0 Å². The van der Waals surface area contributed by atoms with E-state index in [1.54, 1.807) is 0 Å². The normalized spacial score (nSPS) is 42.0. The molecule has 6 heteroatoms. The van der Waals surface area contributed by atoms with Gasteiger partial charge in [0.15, 0.2) is 0 Å². The van der Waals surface area contributed by atoms with Gasteiger partial charge in [0.25, 0.3) is 0 Å². The second-order valence-electron chi connectivity index (χ2n) is 12.7. The molecule has 0 bridgehead atoms. The van der Waals surface area contributed by atoms with Gasteiger partial charge in [0, 0.05) is 44.9 Å². The van der Waals surface area contributed by atoms with Crippen LogP contribution in [0.2, 0.25) is 0 Å². The fraction of sp³-hybridized carbons (Fsp3) is 1.00. The topological polar surface area (TPSA) is 71.6 Å². The number of piperazine rings is 1. The van der Waals surface area contributed by atoms with Crippen molar-refractivity contribution < 1.29 is 5.11 Å². The molecule has 5 aliphatic rings. The zero-order valence-electron chi connectivity index (χ0n) is 22.5. The average molecular weight is 490 g/mol. The van der Waals surface area contributed by atoms with Crippen LogP contribution < -0.4 is 21.3 Å². The molecule has 0 aromatic heterocycles. The van der Waals surface area contributed by atoms with Gasteiger partial charge in [-0.05, 0) is 113 Å². The summed E-state index contributed by atoms with van der Waals surface area (Å²) in [6.07, 6.45) is 16.4. The van der Waals surface area contributed by atoms with Crippen LogP contribution in [0.25, 0.3) is 0 Å². The maximum Gasteiger partial charge on any atom is 0.110 e. The van der Waals surface area contributed by atoms with Crippen LogP contribution in [0.4, 0.5) is 0 Å². The molecule has 0 radical (unpaired) electrons. The van der Waals surface area contributed by atoms with Crippen molar-refractivity contribution in [3.05, 3.63) is 0 Å². The van der Waals surface area contributed by atoms with Crippen LogP contribution in [0, 0.1) is 35.5 Å². The summed E-state index contributed by atoms with van der Waals surface area (Å²) < 4.78 is 0. The van der Waals surface area contributed by atoms with Crippen LogP contribution in [0.5, 0.6) is 0 Å². The number of hydrogen-bond acceptors (Lipinski definition) is 6. The molecule has 35 heavy (non-hydrogen) atoms. The quantitative estimate of drug-likeness (QED) is 0.253. The van der Waals surface area contributed by atoms with Crippen LogP contribution in [0.15, 0.2) is 0 Å². The Kier molecular flexibility index (Phi) is 9.81. The first-order valence-corrected chi connectivity index (χ1v) is 15.5. The van der Waals surface area contributed by atoms with Gasteiger partial charge in [0.1, 0.15) is 6.23 Å². The SMILES string of the molecule is CCNCNCC1CCC(C2NC(C3CCC(C(O)N4CCNCC4)CC3)C3CCCCC32)CC1. The second kappa shape index (κ2) is 13.0. The molecule has 5 atom stereocenters. The van der Waals surface area contributed by atoms with Gasteiger partial charge in [-0.15, -0.1) is 0 Å². The van der Waals surface area contributed by atoms with Crippen LogP contribution in [-0.2, 0) is 0 Å². The van der Waals surface area contributed by atoms with Crippen LogP contribution in [-0.4, -0.2) is 74.3 Å². The van der Waals surface area contributed by atoms with Crippen LogP contribution in [0.3, 0.4) is 0 Å². The van der Waals surface area contributed by atoms with Gasteiger partial charge in [0.05, 0.1) is 0 Å². The standard InChI is InChI=1S/C29H55N5O/c1-2-30-20-32-19-21-7-9-22(10-8-21)27-25-5-3-4-6-26(25)28(33-27)23-11-13-24(14-12-23)29(35)34-17-15-31-16-18-34/h21-33,35H,2-20H2,1H3. The number of hydrogen-bond donors (Lipinski definition) is 5. The highest BCUT2D eigenvalue weighted by atomic mass is 16.3. The number of nitrogens with one attached hydrogen (secondary N) is 4. The van der Waals surface area contributed by atoms with E-state index >= 15 is 0 Å². The van der Waals surface area contributed by atoms with E-state index < -0.39 is 0 Å². The third kappa shape index (κ3) is 6.43. The van der Waals surface area contributed by atoms with E-state index in [0.717, 1.165) is 81.1 Å². The highest BCUT2D eigenvalue weighted by Crippen LogP contribution is 2.49. The predicted octanol–water partition coefficient (Wildman–Crippen LogP) is 3.13. The summed E-state index contributed by atoms with van der Waals surface area (Å²) in [4.78, 5) is 2.33. The molecule has 5 rings (SSSR count). The van der Waals surface area contributed by atoms with Crippen molar-refractivity contribution >= 4 is 0 Å². The monoisotopic (exact) mass is 489 g/mol. The summed E-state index contributed by atoms with van der Waals surface area (Å²) in [5.41, 5.74) is 0. The molecular formula is C29H55N5O. The van der Waals surface area contributed by atoms with Crippen molar-refractivity contribution in [2.75, 3.05) is 45.9 Å². The minimum absolute atomic E-state index is 0.216. The van der Waals surface area contributed by atoms with Crippen molar-refractivity contribution in [1.82, 2.24) is 26.2 Å². The number of rotatable bonds is 9. The zero-order valence-corrected chi connectivity index (χ0v) is 22.5. The fourth-order valence-electron chi connectivity index (χ4n) is 8.81. The number of nitrogens with zero attached hydrogens (tertiary/aromatic N) is 1. The second-order valence-corrected chi connectivity index (χ2v) is 12.7. The Morgan fingerprint density at radius 3 is 2.00 bits per heavy atom. The van der Waals surface area contributed by atoms with Gasteiger partial charge >= 0.3 is 0 Å². The highest BCUT2D eigenvalue weighted by Gasteiger charge is 2.49. The van der Waals surface area contributed by atoms with E-state index in [0.29, 0.717) is 5.92 Å². The van der Waals surface area contributed by atoms with Gasteiger partial charge in [-0.3, -0.25) is 4.90 Å². The molecule has 0 aromatic carbocycles. The fourth-order valence-corrected chi connectivity index (χ4v) is 8.81. The lowest BCUT2D eigenvalue weighted by Crippen LogP contribution is -2.51. The molecule has 2 saturated heterocycles. The van der Waals surface area contributed by atoms with Crippen LogP contribution in [0.1, 0.15) is 84.0 Å².